The first-order valence-electron chi connectivity index (χ1n) is 7.07. The average molecular weight is 320 g/mol. The van der Waals surface area contributed by atoms with Crippen molar-refractivity contribution in [3.8, 4) is 0 Å². The molecule has 0 aliphatic rings. The molecule has 0 fully saturated rings. The maximum Gasteiger partial charge on any atom is 0.374 e. The van der Waals surface area contributed by atoms with Gasteiger partial charge in [0.25, 0.3) is 0 Å². The quantitative estimate of drug-likeness (QED) is 0.829. The van der Waals surface area contributed by atoms with E-state index in [1.165, 1.54) is 18.2 Å². The number of ether oxygens (including phenoxy) is 1. The van der Waals surface area contributed by atoms with Crippen LogP contribution in [-0.4, -0.2) is 18.6 Å². The third kappa shape index (κ3) is 4.32. The third-order valence-corrected chi connectivity index (χ3v) is 3.08. The first kappa shape index (κ1) is 16.5. The Morgan fingerprint density at radius 2 is 2.04 bits per heavy atom. The van der Waals surface area contributed by atoms with Gasteiger partial charge in [0, 0.05) is 11.3 Å². The van der Waals surface area contributed by atoms with E-state index in [1.54, 1.807) is 26.0 Å². The van der Waals surface area contributed by atoms with Gasteiger partial charge in [-0.3, -0.25) is 0 Å². The monoisotopic (exact) mass is 320 g/mol. The van der Waals surface area contributed by atoms with Crippen LogP contribution in [0.15, 0.2) is 34.7 Å². The largest absolute Gasteiger partial charge is 0.460 e. The SMILES string of the molecule is CCOC(=O)c1ccc(CNC(=O)Nc2cccc(F)c2C)o1. The van der Waals surface area contributed by atoms with Gasteiger partial charge in [-0.25, -0.2) is 14.0 Å². The molecule has 7 heteroatoms. The van der Waals surface area contributed by atoms with Crippen molar-refractivity contribution < 1.29 is 23.1 Å². The van der Waals surface area contributed by atoms with E-state index in [0.717, 1.165) is 0 Å². The molecular formula is C16H17FN2O4. The first-order valence-corrected chi connectivity index (χ1v) is 7.07. The Labute approximate surface area is 132 Å². The van der Waals surface area contributed by atoms with E-state index >= 15 is 0 Å². The molecule has 6 nitrogen and oxygen atoms in total. The third-order valence-electron chi connectivity index (χ3n) is 3.08. The summed E-state index contributed by atoms with van der Waals surface area (Å²) in [5, 5.41) is 5.11. The summed E-state index contributed by atoms with van der Waals surface area (Å²) in [7, 11) is 0. The number of nitrogens with one attached hydrogen (secondary N) is 2. The molecule has 0 aliphatic carbocycles. The molecule has 0 saturated heterocycles. The molecule has 0 spiro atoms. The van der Waals surface area contributed by atoms with E-state index in [-0.39, 0.29) is 18.9 Å². The number of hydrogen-bond acceptors (Lipinski definition) is 4. The van der Waals surface area contributed by atoms with E-state index in [4.69, 9.17) is 9.15 Å². The smallest absolute Gasteiger partial charge is 0.374 e. The van der Waals surface area contributed by atoms with Gasteiger partial charge >= 0.3 is 12.0 Å². The molecule has 0 bridgehead atoms. The zero-order chi connectivity index (χ0) is 16.8. The molecule has 0 atom stereocenters. The van der Waals surface area contributed by atoms with Gasteiger partial charge in [-0.15, -0.1) is 0 Å². The van der Waals surface area contributed by atoms with Crippen LogP contribution in [0.2, 0.25) is 0 Å². The van der Waals surface area contributed by atoms with E-state index < -0.39 is 17.8 Å². The van der Waals surface area contributed by atoms with Gasteiger partial charge in [0.2, 0.25) is 5.76 Å². The minimum atomic E-state index is -0.557. The molecule has 0 aliphatic heterocycles. The first-order chi connectivity index (χ1) is 11.0. The molecular weight excluding hydrogens is 303 g/mol. The molecule has 0 unspecified atom stereocenters. The van der Waals surface area contributed by atoms with Crippen molar-refractivity contribution in [1.29, 1.82) is 0 Å². The van der Waals surface area contributed by atoms with E-state index in [1.807, 2.05) is 0 Å². The molecule has 2 amide bonds. The van der Waals surface area contributed by atoms with Gasteiger partial charge < -0.3 is 19.8 Å². The van der Waals surface area contributed by atoms with Crippen LogP contribution in [0.3, 0.4) is 0 Å². The van der Waals surface area contributed by atoms with Crippen molar-refractivity contribution in [2.75, 3.05) is 11.9 Å². The summed E-state index contributed by atoms with van der Waals surface area (Å²) in [5.74, 6) is -0.476. The number of hydrogen-bond donors (Lipinski definition) is 2. The number of esters is 1. The summed E-state index contributed by atoms with van der Waals surface area (Å²) in [6.07, 6.45) is 0. The maximum absolute atomic E-state index is 13.4. The van der Waals surface area contributed by atoms with Crippen LogP contribution < -0.4 is 10.6 Å². The normalized spacial score (nSPS) is 10.2. The van der Waals surface area contributed by atoms with Crippen LogP contribution in [0.5, 0.6) is 0 Å². The molecule has 1 aromatic heterocycles. The number of furan rings is 1. The zero-order valence-electron chi connectivity index (χ0n) is 12.8. The number of benzene rings is 1. The highest BCUT2D eigenvalue weighted by Crippen LogP contribution is 2.17. The summed E-state index contributed by atoms with van der Waals surface area (Å²) in [5.41, 5.74) is 0.736. The number of carbonyl (C=O) groups excluding carboxylic acids is 2. The Bertz CT molecular complexity index is 712. The molecule has 1 aromatic carbocycles. The molecule has 122 valence electrons. The minimum absolute atomic E-state index is 0.0741. The molecule has 0 saturated carbocycles. The number of anilines is 1. The Hall–Kier alpha value is -2.83. The predicted octanol–water partition coefficient (Wildman–Crippen LogP) is 3.23. The van der Waals surface area contributed by atoms with E-state index in [9.17, 15) is 14.0 Å². The Kier molecular flexibility index (Phi) is 5.35. The van der Waals surface area contributed by atoms with Crippen LogP contribution in [0.25, 0.3) is 0 Å². The lowest BCUT2D eigenvalue weighted by Crippen LogP contribution is -2.28. The molecule has 23 heavy (non-hydrogen) atoms. The van der Waals surface area contributed by atoms with E-state index in [0.29, 0.717) is 17.0 Å². The highest BCUT2D eigenvalue weighted by molar-refractivity contribution is 5.90. The number of carbonyl (C=O) groups is 2. The van der Waals surface area contributed by atoms with Gasteiger partial charge in [0.05, 0.1) is 13.2 Å². The lowest BCUT2D eigenvalue weighted by molar-refractivity contribution is 0.0488. The topological polar surface area (TPSA) is 80.6 Å². The summed E-state index contributed by atoms with van der Waals surface area (Å²) in [6.45, 7) is 3.60. The van der Waals surface area contributed by atoms with Gasteiger partial charge in [-0.05, 0) is 38.1 Å². The standard InChI is InChI=1S/C16H17FN2O4/c1-3-22-15(20)14-8-7-11(23-14)9-18-16(21)19-13-6-4-5-12(17)10(13)2/h4-8H,3,9H2,1-2H3,(H2,18,19,21). The Balaban J connectivity index is 1.89. The number of amides is 2. The van der Waals surface area contributed by atoms with Crippen molar-refractivity contribution in [3.63, 3.8) is 0 Å². The molecule has 2 aromatic rings. The summed E-state index contributed by atoms with van der Waals surface area (Å²) in [6, 6.07) is 6.97. The molecule has 1 heterocycles. The molecule has 0 radical (unpaired) electrons. The van der Waals surface area contributed by atoms with Gasteiger partial charge in [0.1, 0.15) is 11.6 Å². The minimum Gasteiger partial charge on any atom is -0.460 e. The van der Waals surface area contributed by atoms with Crippen molar-refractivity contribution >= 4 is 17.7 Å². The van der Waals surface area contributed by atoms with Crippen LogP contribution in [0, 0.1) is 12.7 Å². The van der Waals surface area contributed by atoms with Crippen molar-refractivity contribution in [1.82, 2.24) is 5.32 Å². The zero-order valence-corrected chi connectivity index (χ0v) is 12.8. The average Bonchev–Trinajstić information content (AvgIpc) is 2.99. The fraction of sp³-hybridized carbons (Fsp3) is 0.250. The van der Waals surface area contributed by atoms with Gasteiger partial charge in [0.15, 0.2) is 0 Å². The number of urea groups is 1. The predicted molar refractivity (Wildman–Crippen MR) is 81.7 cm³/mol. The fourth-order valence-electron chi connectivity index (χ4n) is 1.86. The molecule has 2 N–H and O–H groups in total. The number of rotatable bonds is 5. The van der Waals surface area contributed by atoms with Crippen molar-refractivity contribution in [2.45, 2.75) is 20.4 Å². The second kappa shape index (κ2) is 7.44. The lowest BCUT2D eigenvalue weighted by Gasteiger charge is -2.09. The summed E-state index contributed by atoms with van der Waals surface area (Å²) < 4.78 is 23.5. The highest BCUT2D eigenvalue weighted by Gasteiger charge is 2.13. The van der Waals surface area contributed by atoms with Gasteiger partial charge in [-0.2, -0.15) is 0 Å². The van der Waals surface area contributed by atoms with E-state index in [2.05, 4.69) is 10.6 Å². The van der Waals surface area contributed by atoms with Crippen LogP contribution >= 0.6 is 0 Å². The fourth-order valence-corrected chi connectivity index (χ4v) is 1.86. The van der Waals surface area contributed by atoms with Crippen LogP contribution in [-0.2, 0) is 11.3 Å². The second-order valence-corrected chi connectivity index (χ2v) is 4.71. The second-order valence-electron chi connectivity index (χ2n) is 4.71. The van der Waals surface area contributed by atoms with Gasteiger partial charge in [-0.1, -0.05) is 6.07 Å². The maximum atomic E-state index is 13.4. The van der Waals surface area contributed by atoms with Crippen molar-refractivity contribution in [2.24, 2.45) is 0 Å². The Morgan fingerprint density at radius 1 is 1.26 bits per heavy atom. The summed E-state index contributed by atoms with van der Waals surface area (Å²) >= 11 is 0. The molecule has 2 rings (SSSR count). The van der Waals surface area contributed by atoms with Crippen LogP contribution in [0.1, 0.15) is 28.8 Å². The highest BCUT2D eigenvalue weighted by atomic mass is 19.1. The Morgan fingerprint density at radius 3 is 2.78 bits per heavy atom. The number of halogens is 1. The van der Waals surface area contributed by atoms with Crippen LogP contribution in [0.4, 0.5) is 14.9 Å². The lowest BCUT2D eigenvalue weighted by atomic mass is 10.2. The summed E-state index contributed by atoms with van der Waals surface area (Å²) in [4.78, 5) is 23.3. The van der Waals surface area contributed by atoms with Crippen molar-refractivity contribution in [3.05, 3.63) is 53.2 Å².